The van der Waals surface area contributed by atoms with E-state index in [-0.39, 0.29) is 12.5 Å². The Labute approximate surface area is 138 Å². The third kappa shape index (κ3) is 4.16. The van der Waals surface area contributed by atoms with Crippen LogP contribution in [0.25, 0.3) is 0 Å². The highest BCUT2D eigenvalue weighted by Gasteiger charge is 2.53. The minimum absolute atomic E-state index is 0.0861. The van der Waals surface area contributed by atoms with Crippen molar-refractivity contribution < 1.29 is 19.4 Å². The van der Waals surface area contributed by atoms with Gasteiger partial charge in [-0.15, -0.1) is 0 Å². The normalized spacial score (nSPS) is 24.9. The van der Waals surface area contributed by atoms with Gasteiger partial charge in [-0.2, -0.15) is 0 Å². The quantitative estimate of drug-likeness (QED) is 0.860. The molecule has 0 aromatic rings. The van der Waals surface area contributed by atoms with Crippen LogP contribution in [0.1, 0.15) is 59.8 Å². The number of rotatable bonds is 4. The summed E-state index contributed by atoms with van der Waals surface area (Å²) < 4.78 is 5.40. The third-order valence-corrected chi connectivity index (χ3v) is 4.81. The predicted molar refractivity (Wildman–Crippen MR) is 87.4 cm³/mol. The number of carboxylic acids is 1. The van der Waals surface area contributed by atoms with E-state index in [0.29, 0.717) is 19.1 Å². The van der Waals surface area contributed by atoms with Crippen molar-refractivity contribution in [2.75, 3.05) is 19.6 Å². The molecule has 2 aliphatic heterocycles. The lowest BCUT2D eigenvalue weighted by Gasteiger charge is -2.58. The second kappa shape index (κ2) is 6.67. The van der Waals surface area contributed by atoms with Gasteiger partial charge in [-0.25, -0.2) is 4.79 Å². The van der Waals surface area contributed by atoms with Gasteiger partial charge >= 0.3 is 12.1 Å². The summed E-state index contributed by atoms with van der Waals surface area (Å²) in [6.07, 6.45) is 4.18. The Balaban J connectivity index is 2.08. The lowest BCUT2D eigenvalue weighted by Crippen LogP contribution is -2.74. The highest BCUT2D eigenvalue weighted by molar-refractivity contribution is 5.73. The van der Waals surface area contributed by atoms with E-state index < -0.39 is 17.1 Å². The van der Waals surface area contributed by atoms with Crippen LogP contribution in [-0.4, -0.2) is 63.8 Å². The van der Waals surface area contributed by atoms with Crippen molar-refractivity contribution in [3.8, 4) is 0 Å². The molecular weight excluding hydrogens is 296 g/mol. The zero-order chi connectivity index (χ0) is 17.3. The number of ether oxygens (including phenoxy) is 1. The molecule has 0 aromatic heterocycles. The maximum Gasteiger partial charge on any atom is 0.410 e. The molecule has 2 rings (SSSR count). The molecule has 1 amide bonds. The van der Waals surface area contributed by atoms with Crippen LogP contribution in [-0.2, 0) is 9.53 Å². The van der Waals surface area contributed by atoms with E-state index in [9.17, 15) is 14.7 Å². The third-order valence-electron chi connectivity index (χ3n) is 4.81. The van der Waals surface area contributed by atoms with Gasteiger partial charge < -0.3 is 14.7 Å². The molecule has 0 bridgehead atoms. The van der Waals surface area contributed by atoms with E-state index in [1.807, 2.05) is 20.8 Å². The zero-order valence-corrected chi connectivity index (χ0v) is 14.8. The molecule has 2 aliphatic rings. The van der Waals surface area contributed by atoms with E-state index >= 15 is 0 Å². The number of hydrogen-bond acceptors (Lipinski definition) is 4. The van der Waals surface area contributed by atoms with Gasteiger partial charge in [-0.1, -0.05) is 13.3 Å². The maximum absolute atomic E-state index is 12.2. The van der Waals surface area contributed by atoms with Gasteiger partial charge in [0.05, 0.1) is 12.0 Å². The van der Waals surface area contributed by atoms with Gasteiger partial charge in [0.1, 0.15) is 5.60 Å². The second-order valence-electron chi connectivity index (χ2n) is 7.88. The Bertz CT molecular complexity index is 452. The largest absolute Gasteiger partial charge is 0.481 e. The van der Waals surface area contributed by atoms with Crippen LogP contribution in [0.4, 0.5) is 4.79 Å². The molecule has 0 radical (unpaired) electrons. The highest BCUT2D eigenvalue weighted by Crippen LogP contribution is 2.37. The van der Waals surface area contributed by atoms with Gasteiger partial charge in [0.25, 0.3) is 0 Å². The molecule has 2 heterocycles. The standard InChI is InChI=1S/C17H30N2O4/c1-5-13-8-6-7-9-19(13)17(10-14(20)21)11-18(12-17)15(22)23-16(2,3)4/h13H,5-12H2,1-4H3,(H,20,21). The van der Waals surface area contributed by atoms with Crippen molar-refractivity contribution in [2.45, 2.75) is 77.0 Å². The van der Waals surface area contributed by atoms with Crippen molar-refractivity contribution >= 4 is 12.1 Å². The minimum atomic E-state index is -0.797. The summed E-state index contributed by atoms with van der Waals surface area (Å²) in [4.78, 5) is 27.6. The molecule has 2 saturated heterocycles. The number of amides is 1. The first-order chi connectivity index (χ1) is 10.7. The zero-order valence-electron chi connectivity index (χ0n) is 14.8. The molecule has 2 fully saturated rings. The van der Waals surface area contributed by atoms with Crippen LogP contribution < -0.4 is 0 Å². The molecule has 132 valence electrons. The van der Waals surface area contributed by atoms with Crippen LogP contribution in [0.15, 0.2) is 0 Å². The van der Waals surface area contributed by atoms with Crippen molar-refractivity contribution in [3.63, 3.8) is 0 Å². The molecule has 0 aromatic carbocycles. The van der Waals surface area contributed by atoms with E-state index in [4.69, 9.17) is 4.74 Å². The number of carbonyl (C=O) groups excluding carboxylic acids is 1. The lowest BCUT2D eigenvalue weighted by atomic mass is 9.80. The van der Waals surface area contributed by atoms with Gasteiger partial charge in [-0.05, 0) is 46.6 Å². The lowest BCUT2D eigenvalue weighted by molar-refractivity contribution is -0.149. The number of carboxylic acid groups (broad SMARTS) is 1. The summed E-state index contributed by atoms with van der Waals surface area (Å²) in [7, 11) is 0. The molecule has 6 heteroatoms. The average Bonchev–Trinajstić information content (AvgIpc) is 2.40. The van der Waals surface area contributed by atoms with Crippen LogP contribution in [0, 0.1) is 0 Å². The van der Waals surface area contributed by atoms with Crippen molar-refractivity contribution in [1.82, 2.24) is 9.80 Å². The first kappa shape index (κ1) is 18.0. The summed E-state index contributed by atoms with van der Waals surface area (Å²) in [6, 6.07) is 0.420. The number of nitrogens with zero attached hydrogens (tertiary/aromatic N) is 2. The summed E-state index contributed by atoms with van der Waals surface area (Å²) in [6.45, 7) is 9.50. The Morgan fingerprint density at radius 3 is 2.43 bits per heavy atom. The highest BCUT2D eigenvalue weighted by atomic mass is 16.6. The monoisotopic (exact) mass is 326 g/mol. The second-order valence-corrected chi connectivity index (χ2v) is 7.88. The molecule has 23 heavy (non-hydrogen) atoms. The van der Waals surface area contributed by atoms with Crippen molar-refractivity contribution in [3.05, 3.63) is 0 Å². The minimum Gasteiger partial charge on any atom is -0.481 e. The molecule has 6 nitrogen and oxygen atoms in total. The number of piperidine rings is 1. The Morgan fingerprint density at radius 2 is 1.91 bits per heavy atom. The molecule has 0 saturated carbocycles. The van der Waals surface area contributed by atoms with Gasteiger partial charge in [-0.3, -0.25) is 9.69 Å². The van der Waals surface area contributed by atoms with E-state index in [1.165, 1.54) is 6.42 Å². The SMILES string of the molecule is CCC1CCCCN1C1(CC(=O)O)CN(C(=O)OC(C)(C)C)C1. The van der Waals surface area contributed by atoms with E-state index in [2.05, 4.69) is 11.8 Å². The number of likely N-dealkylation sites (tertiary alicyclic amines) is 2. The molecule has 0 spiro atoms. The van der Waals surface area contributed by atoms with Crippen LogP contribution >= 0.6 is 0 Å². The van der Waals surface area contributed by atoms with Crippen molar-refractivity contribution in [2.24, 2.45) is 0 Å². The molecule has 1 N–H and O–H groups in total. The van der Waals surface area contributed by atoms with Gasteiger partial charge in [0.2, 0.25) is 0 Å². The molecule has 0 aliphatic carbocycles. The van der Waals surface area contributed by atoms with Crippen molar-refractivity contribution in [1.29, 1.82) is 0 Å². The van der Waals surface area contributed by atoms with Gasteiger partial charge in [0, 0.05) is 19.1 Å². The summed E-state index contributed by atoms with van der Waals surface area (Å²) >= 11 is 0. The number of carbonyl (C=O) groups is 2. The van der Waals surface area contributed by atoms with Crippen LogP contribution in [0.3, 0.4) is 0 Å². The summed E-state index contributed by atoms with van der Waals surface area (Å²) in [5.74, 6) is -0.797. The van der Waals surface area contributed by atoms with E-state index in [0.717, 1.165) is 25.8 Å². The molecule has 1 atom stereocenters. The fraction of sp³-hybridized carbons (Fsp3) is 0.882. The smallest absolute Gasteiger partial charge is 0.410 e. The average molecular weight is 326 g/mol. The first-order valence-electron chi connectivity index (χ1n) is 8.63. The summed E-state index contributed by atoms with van der Waals surface area (Å²) in [5, 5.41) is 9.35. The van der Waals surface area contributed by atoms with Gasteiger partial charge in [0.15, 0.2) is 0 Å². The fourth-order valence-electron chi connectivity index (χ4n) is 3.85. The van der Waals surface area contributed by atoms with Crippen LogP contribution in [0.2, 0.25) is 0 Å². The van der Waals surface area contributed by atoms with Crippen LogP contribution in [0.5, 0.6) is 0 Å². The fourth-order valence-corrected chi connectivity index (χ4v) is 3.85. The molecule has 1 unspecified atom stereocenters. The number of aliphatic carboxylic acids is 1. The Kier molecular flexibility index (Phi) is 5.23. The Morgan fingerprint density at radius 1 is 1.26 bits per heavy atom. The topological polar surface area (TPSA) is 70.1 Å². The first-order valence-corrected chi connectivity index (χ1v) is 8.63. The molecular formula is C17H30N2O4. The van der Waals surface area contributed by atoms with E-state index in [1.54, 1.807) is 4.90 Å². The predicted octanol–water partition coefficient (Wildman–Crippen LogP) is 2.72. The number of hydrogen-bond donors (Lipinski definition) is 1. The summed E-state index contributed by atoms with van der Waals surface area (Å²) in [5.41, 5.74) is -0.955. The Hall–Kier alpha value is -1.30. The maximum atomic E-state index is 12.2.